The van der Waals surface area contributed by atoms with Crippen LogP contribution in [0, 0.1) is 5.92 Å². The van der Waals surface area contributed by atoms with Crippen molar-refractivity contribution in [1.29, 1.82) is 0 Å². The van der Waals surface area contributed by atoms with Gasteiger partial charge in [-0.3, -0.25) is 0 Å². The van der Waals surface area contributed by atoms with Crippen LogP contribution in [0.2, 0.25) is 0 Å². The molecule has 0 saturated heterocycles. The standard InChI is InChI=1S/C15H18O/c1-2-14(12-8-6-7-9-12)15(16)13-10-4-3-5-11-13/h3-5,10-12,15-16H,1,6-9H2. The van der Waals surface area contributed by atoms with Crippen LogP contribution in [-0.4, -0.2) is 5.11 Å². The van der Waals surface area contributed by atoms with Crippen LogP contribution in [0.25, 0.3) is 0 Å². The lowest BCUT2D eigenvalue weighted by molar-refractivity contribution is 0.201. The van der Waals surface area contributed by atoms with E-state index >= 15 is 0 Å². The highest BCUT2D eigenvalue weighted by Gasteiger charge is 2.24. The van der Waals surface area contributed by atoms with E-state index in [9.17, 15) is 5.11 Å². The second-order valence-electron chi connectivity index (χ2n) is 4.43. The predicted octanol–water partition coefficient (Wildman–Crippen LogP) is 3.62. The van der Waals surface area contributed by atoms with E-state index < -0.39 is 6.10 Å². The summed E-state index contributed by atoms with van der Waals surface area (Å²) in [7, 11) is 0. The largest absolute Gasteiger partial charge is 0.383 e. The summed E-state index contributed by atoms with van der Waals surface area (Å²) in [5.74, 6) is 0.479. The zero-order valence-corrected chi connectivity index (χ0v) is 9.52. The first-order valence-corrected chi connectivity index (χ1v) is 5.95. The van der Waals surface area contributed by atoms with Crippen molar-refractivity contribution in [2.75, 3.05) is 0 Å². The third kappa shape index (κ3) is 2.27. The maximum Gasteiger partial charge on any atom is 0.108 e. The minimum Gasteiger partial charge on any atom is -0.383 e. The van der Waals surface area contributed by atoms with Crippen LogP contribution >= 0.6 is 0 Å². The molecular formula is C15H18O. The quantitative estimate of drug-likeness (QED) is 0.762. The van der Waals surface area contributed by atoms with Gasteiger partial charge in [0.05, 0.1) is 0 Å². The van der Waals surface area contributed by atoms with Crippen molar-refractivity contribution in [3.63, 3.8) is 0 Å². The van der Waals surface area contributed by atoms with Crippen molar-refractivity contribution in [2.45, 2.75) is 31.8 Å². The monoisotopic (exact) mass is 214 g/mol. The van der Waals surface area contributed by atoms with E-state index in [4.69, 9.17) is 0 Å². The second kappa shape index (κ2) is 5.16. The average Bonchev–Trinajstić information content (AvgIpc) is 2.85. The molecule has 0 bridgehead atoms. The fourth-order valence-corrected chi connectivity index (χ4v) is 2.52. The van der Waals surface area contributed by atoms with E-state index in [0.717, 1.165) is 11.1 Å². The number of rotatable bonds is 3. The average molecular weight is 214 g/mol. The second-order valence-corrected chi connectivity index (χ2v) is 4.43. The molecule has 1 aliphatic rings. The van der Waals surface area contributed by atoms with Gasteiger partial charge in [0.2, 0.25) is 0 Å². The summed E-state index contributed by atoms with van der Waals surface area (Å²) in [5.41, 5.74) is 4.88. The molecule has 0 aromatic heterocycles. The van der Waals surface area contributed by atoms with Crippen LogP contribution in [0.5, 0.6) is 0 Å². The lowest BCUT2D eigenvalue weighted by atomic mass is 9.90. The number of aliphatic hydroxyl groups is 1. The molecule has 1 N–H and O–H groups in total. The third-order valence-electron chi connectivity index (χ3n) is 3.41. The number of hydrogen-bond donors (Lipinski definition) is 1. The number of aliphatic hydroxyl groups excluding tert-OH is 1. The molecule has 84 valence electrons. The molecule has 1 aromatic rings. The summed E-state index contributed by atoms with van der Waals surface area (Å²) >= 11 is 0. The van der Waals surface area contributed by atoms with Gasteiger partial charge in [0, 0.05) is 5.57 Å². The lowest BCUT2D eigenvalue weighted by Crippen LogP contribution is -2.08. The fraction of sp³-hybridized carbons (Fsp3) is 0.400. The van der Waals surface area contributed by atoms with Crippen molar-refractivity contribution in [1.82, 2.24) is 0 Å². The maximum absolute atomic E-state index is 10.3. The Hall–Kier alpha value is -1.30. The zero-order chi connectivity index (χ0) is 11.4. The highest BCUT2D eigenvalue weighted by Crippen LogP contribution is 2.36. The molecule has 1 aliphatic carbocycles. The van der Waals surface area contributed by atoms with Gasteiger partial charge in [-0.25, -0.2) is 0 Å². The summed E-state index contributed by atoms with van der Waals surface area (Å²) in [4.78, 5) is 0. The van der Waals surface area contributed by atoms with Gasteiger partial charge in [0.1, 0.15) is 6.10 Å². The van der Waals surface area contributed by atoms with Crippen LogP contribution in [0.15, 0.2) is 48.2 Å². The Bertz CT molecular complexity index is 381. The fourth-order valence-electron chi connectivity index (χ4n) is 2.52. The van der Waals surface area contributed by atoms with Gasteiger partial charge in [0.15, 0.2) is 0 Å². The van der Waals surface area contributed by atoms with Crippen molar-refractivity contribution in [3.8, 4) is 0 Å². The zero-order valence-electron chi connectivity index (χ0n) is 9.52. The molecule has 1 atom stereocenters. The van der Waals surface area contributed by atoms with Gasteiger partial charge >= 0.3 is 0 Å². The molecule has 0 heterocycles. The van der Waals surface area contributed by atoms with Crippen molar-refractivity contribution in [2.24, 2.45) is 5.92 Å². The number of benzene rings is 1. The van der Waals surface area contributed by atoms with Crippen LogP contribution in [0.3, 0.4) is 0 Å². The molecule has 1 nitrogen and oxygen atoms in total. The molecule has 1 unspecified atom stereocenters. The smallest absolute Gasteiger partial charge is 0.108 e. The van der Waals surface area contributed by atoms with Crippen LogP contribution < -0.4 is 0 Å². The van der Waals surface area contributed by atoms with Crippen molar-refractivity contribution in [3.05, 3.63) is 53.8 Å². The molecule has 0 radical (unpaired) electrons. The van der Waals surface area contributed by atoms with E-state index in [-0.39, 0.29) is 0 Å². The van der Waals surface area contributed by atoms with Gasteiger partial charge in [-0.15, -0.1) is 5.73 Å². The van der Waals surface area contributed by atoms with Gasteiger partial charge in [-0.2, -0.15) is 0 Å². The first kappa shape index (κ1) is 11.2. The first-order chi connectivity index (χ1) is 7.83. The molecule has 1 heteroatoms. The Labute approximate surface area is 97.1 Å². The van der Waals surface area contributed by atoms with Crippen LogP contribution in [-0.2, 0) is 0 Å². The van der Waals surface area contributed by atoms with Gasteiger partial charge in [0.25, 0.3) is 0 Å². The molecule has 0 amide bonds. The highest BCUT2D eigenvalue weighted by molar-refractivity contribution is 5.27. The van der Waals surface area contributed by atoms with Gasteiger partial charge < -0.3 is 5.11 Å². The van der Waals surface area contributed by atoms with Gasteiger partial charge in [-0.1, -0.05) is 49.8 Å². The van der Waals surface area contributed by atoms with Crippen LogP contribution in [0.4, 0.5) is 0 Å². The van der Waals surface area contributed by atoms with E-state index in [1.54, 1.807) is 0 Å². The van der Waals surface area contributed by atoms with E-state index in [0.29, 0.717) is 5.92 Å². The Morgan fingerprint density at radius 1 is 1.25 bits per heavy atom. The summed E-state index contributed by atoms with van der Waals surface area (Å²) in [5, 5.41) is 10.3. The highest BCUT2D eigenvalue weighted by atomic mass is 16.3. The minimum atomic E-state index is -0.526. The third-order valence-corrected chi connectivity index (χ3v) is 3.41. The Morgan fingerprint density at radius 2 is 1.88 bits per heavy atom. The van der Waals surface area contributed by atoms with Crippen molar-refractivity contribution >= 4 is 0 Å². The Morgan fingerprint density at radius 3 is 2.44 bits per heavy atom. The van der Waals surface area contributed by atoms with E-state index in [2.05, 4.69) is 12.3 Å². The van der Waals surface area contributed by atoms with Crippen LogP contribution in [0.1, 0.15) is 37.4 Å². The molecule has 1 aromatic carbocycles. The molecular weight excluding hydrogens is 196 g/mol. The first-order valence-electron chi connectivity index (χ1n) is 5.95. The Balaban J connectivity index is 2.19. The van der Waals surface area contributed by atoms with Crippen molar-refractivity contribution < 1.29 is 5.11 Å². The molecule has 1 fully saturated rings. The Kier molecular flexibility index (Phi) is 3.61. The normalized spacial score (nSPS) is 18.1. The lowest BCUT2D eigenvalue weighted by Gasteiger charge is -2.18. The maximum atomic E-state index is 10.3. The minimum absolute atomic E-state index is 0.479. The molecule has 1 saturated carbocycles. The predicted molar refractivity (Wildman–Crippen MR) is 66.0 cm³/mol. The SMILES string of the molecule is C=C=C(C1CCCC1)C(O)c1ccccc1. The molecule has 16 heavy (non-hydrogen) atoms. The van der Waals surface area contributed by atoms with E-state index in [1.165, 1.54) is 25.7 Å². The number of hydrogen-bond acceptors (Lipinski definition) is 1. The summed E-state index contributed by atoms with van der Waals surface area (Å²) in [6, 6.07) is 9.78. The van der Waals surface area contributed by atoms with Gasteiger partial charge in [-0.05, 0) is 24.3 Å². The molecule has 0 aliphatic heterocycles. The summed E-state index contributed by atoms with van der Waals surface area (Å²) in [6.07, 6.45) is 4.33. The van der Waals surface area contributed by atoms with E-state index in [1.807, 2.05) is 30.3 Å². The summed E-state index contributed by atoms with van der Waals surface area (Å²) in [6.45, 7) is 3.73. The topological polar surface area (TPSA) is 20.2 Å². The molecule has 2 rings (SSSR count). The molecule has 0 spiro atoms. The summed E-state index contributed by atoms with van der Waals surface area (Å²) < 4.78 is 0.